The molecule has 1 heterocycles. The highest BCUT2D eigenvalue weighted by Crippen LogP contribution is 2.22. The summed E-state index contributed by atoms with van der Waals surface area (Å²) in [6.45, 7) is 2.06. The molecule has 0 saturated carbocycles. The fourth-order valence-electron chi connectivity index (χ4n) is 2.82. The molecule has 4 heteroatoms. The first-order valence-corrected chi connectivity index (χ1v) is 7.85. The van der Waals surface area contributed by atoms with E-state index in [-0.39, 0.29) is 0 Å². The molecule has 0 aliphatic rings. The molecule has 2 N–H and O–H groups in total. The molecule has 0 fully saturated rings. The first-order valence-electron chi connectivity index (χ1n) is 7.85. The molecule has 3 aromatic rings. The molecule has 0 radical (unpaired) electrons. The average Bonchev–Trinajstić information content (AvgIpc) is 2.94. The van der Waals surface area contributed by atoms with E-state index >= 15 is 0 Å². The fraction of sp³-hybridized carbons (Fsp3) is 0.263. The largest absolute Gasteiger partial charge is 0.497 e. The van der Waals surface area contributed by atoms with E-state index < -0.39 is 0 Å². The van der Waals surface area contributed by atoms with Crippen LogP contribution in [0, 0.1) is 0 Å². The number of nitrogens with zero attached hydrogens (tertiary/aromatic N) is 1. The molecular formula is C19H22N2O2. The summed E-state index contributed by atoms with van der Waals surface area (Å²) in [5.41, 5.74) is 8.24. The first kappa shape index (κ1) is 15.4. The average molecular weight is 310 g/mol. The number of nitrogens with two attached hydrogens (primary N) is 1. The third kappa shape index (κ3) is 3.48. The highest BCUT2D eigenvalue weighted by atomic mass is 16.5. The van der Waals surface area contributed by atoms with Gasteiger partial charge in [-0.1, -0.05) is 24.3 Å². The molecule has 0 aliphatic heterocycles. The summed E-state index contributed by atoms with van der Waals surface area (Å²) in [7, 11) is 1.66. The third-order valence-corrected chi connectivity index (χ3v) is 3.93. The molecule has 2 aromatic carbocycles. The Hall–Kier alpha value is -2.46. The van der Waals surface area contributed by atoms with E-state index in [1.165, 1.54) is 16.5 Å². The number of benzene rings is 2. The fourth-order valence-corrected chi connectivity index (χ4v) is 2.82. The van der Waals surface area contributed by atoms with Crippen molar-refractivity contribution in [3.63, 3.8) is 0 Å². The van der Waals surface area contributed by atoms with Gasteiger partial charge in [0.2, 0.25) is 0 Å². The van der Waals surface area contributed by atoms with E-state index in [0.717, 1.165) is 24.5 Å². The van der Waals surface area contributed by atoms with Crippen LogP contribution in [0.1, 0.15) is 5.56 Å². The van der Waals surface area contributed by atoms with Crippen molar-refractivity contribution in [2.75, 3.05) is 20.3 Å². The van der Waals surface area contributed by atoms with Crippen LogP contribution in [0.25, 0.3) is 10.9 Å². The molecule has 0 spiro atoms. The molecule has 0 atom stereocenters. The summed E-state index contributed by atoms with van der Waals surface area (Å²) in [5, 5.41) is 1.28. The number of hydrogen-bond donors (Lipinski definition) is 1. The lowest BCUT2D eigenvalue weighted by molar-refractivity contribution is 0.298. The van der Waals surface area contributed by atoms with Gasteiger partial charge < -0.3 is 19.8 Å². The number of fused-ring (bicyclic) bond motifs is 1. The van der Waals surface area contributed by atoms with Crippen molar-refractivity contribution in [2.45, 2.75) is 13.0 Å². The van der Waals surface area contributed by atoms with Crippen LogP contribution in [0.5, 0.6) is 11.5 Å². The molecule has 0 saturated heterocycles. The molecule has 0 aliphatic carbocycles. The first-order chi connectivity index (χ1) is 11.3. The predicted octanol–water partition coefficient (Wildman–Crippen LogP) is 3.23. The highest BCUT2D eigenvalue weighted by molar-refractivity contribution is 5.84. The number of methoxy groups -OCH3 is 1. The zero-order valence-electron chi connectivity index (χ0n) is 13.4. The van der Waals surface area contributed by atoms with E-state index in [4.69, 9.17) is 15.2 Å². The minimum absolute atomic E-state index is 0.605. The van der Waals surface area contributed by atoms with Gasteiger partial charge >= 0.3 is 0 Å². The lowest BCUT2D eigenvalue weighted by Gasteiger charge is -2.09. The summed E-state index contributed by atoms with van der Waals surface area (Å²) in [6, 6.07) is 16.1. The Morgan fingerprint density at radius 3 is 2.70 bits per heavy atom. The van der Waals surface area contributed by atoms with E-state index in [2.05, 4.69) is 35.0 Å². The van der Waals surface area contributed by atoms with Crippen LogP contribution < -0.4 is 15.2 Å². The molecule has 23 heavy (non-hydrogen) atoms. The van der Waals surface area contributed by atoms with Crippen molar-refractivity contribution in [2.24, 2.45) is 5.73 Å². The molecule has 0 unspecified atom stereocenters. The molecule has 0 amide bonds. The SMILES string of the molecule is COc1cccc(OCCn2cc(CCN)c3ccccc32)c1. The van der Waals surface area contributed by atoms with E-state index in [9.17, 15) is 0 Å². The lowest BCUT2D eigenvalue weighted by Crippen LogP contribution is -2.07. The van der Waals surface area contributed by atoms with E-state index in [1.54, 1.807) is 7.11 Å². The number of rotatable bonds is 7. The number of ether oxygens (including phenoxy) is 2. The van der Waals surface area contributed by atoms with Gasteiger partial charge in [0.1, 0.15) is 18.1 Å². The number of hydrogen-bond acceptors (Lipinski definition) is 3. The minimum Gasteiger partial charge on any atom is -0.497 e. The van der Waals surface area contributed by atoms with Gasteiger partial charge in [0.05, 0.1) is 13.7 Å². The Labute approximate surface area is 136 Å². The zero-order chi connectivity index (χ0) is 16.1. The van der Waals surface area contributed by atoms with E-state index in [1.807, 2.05) is 24.3 Å². The Morgan fingerprint density at radius 2 is 1.87 bits per heavy atom. The van der Waals surface area contributed by atoms with Gasteiger partial charge in [0.25, 0.3) is 0 Å². The minimum atomic E-state index is 0.605. The molecule has 3 rings (SSSR count). The van der Waals surface area contributed by atoms with Crippen LogP contribution in [0.3, 0.4) is 0 Å². The van der Waals surface area contributed by atoms with Crippen molar-refractivity contribution in [3.05, 3.63) is 60.3 Å². The van der Waals surface area contributed by atoms with Crippen LogP contribution in [0.15, 0.2) is 54.7 Å². The van der Waals surface area contributed by atoms with Crippen molar-refractivity contribution < 1.29 is 9.47 Å². The maximum absolute atomic E-state index is 5.85. The second-order valence-electron chi connectivity index (χ2n) is 5.43. The lowest BCUT2D eigenvalue weighted by atomic mass is 10.1. The Morgan fingerprint density at radius 1 is 1.04 bits per heavy atom. The monoisotopic (exact) mass is 310 g/mol. The third-order valence-electron chi connectivity index (χ3n) is 3.93. The Kier molecular flexibility index (Phi) is 4.83. The smallest absolute Gasteiger partial charge is 0.123 e. The van der Waals surface area contributed by atoms with Gasteiger partial charge in [-0.3, -0.25) is 0 Å². The van der Waals surface area contributed by atoms with Gasteiger partial charge in [-0.25, -0.2) is 0 Å². The summed E-state index contributed by atoms with van der Waals surface area (Å²) >= 11 is 0. The quantitative estimate of drug-likeness (QED) is 0.729. The van der Waals surface area contributed by atoms with Gasteiger partial charge in [-0.05, 0) is 36.7 Å². The zero-order valence-corrected chi connectivity index (χ0v) is 13.4. The van der Waals surface area contributed by atoms with Crippen molar-refractivity contribution in [3.8, 4) is 11.5 Å². The highest BCUT2D eigenvalue weighted by Gasteiger charge is 2.07. The Bertz CT molecular complexity index is 780. The maximum atomic E-state index is 5.85. The number of para-hydroxylation sites is 1. The van der Waals surface area contributed by atoms with Crippen LogP contribution >= 0.6 is 0 Å². The van der Waals surface area contributed by atoms with Gasteiger partial charge in [-0.2, -0.15) is 0 Å². The van der Waals surface area contributed by atoms with Crippen LogP contribution in [0.2, 0.25) is 0 Å². The van der Waals surface area contributed by atoms with Gasteiger partial charge in [-0.15, -0.1) is 0 Å². The van der Waals surface area contributed by atoms with Crippen LogP contribution in [0.4, 0.5) is 0 Å². The number of aromatic nitrogens is 1. The summed E-state index contributed by atoms with van der Waals surface area (Å²) in [6.07, 6.45) is 3.08. The molecule has 1 aromatic heterocycles. The van der Waals surface area contributed by atoms with Crippen LogP contribution in [-0.2, 0) is 13.0 Å². The summed E-state index contributed by atoms with van der Waals surface area (Å²) < 4.78 is 13.3. The molecular weight excluding hydrogens is 288 g/mol. The molecule has 120 valence electrons. The topological polar surface area (TPSA) is 49.4 Å². The normalized spacial score (nSPS) is 10.9. The van der Waals surface area contributed by atoms with Crippen molar-refractivity contribution in [1.82, 2.24) is 4.57 Å². The van der Waals surface area contributed by atoms with Gasteiger partial charge in [0, 0.05) is 23.2 Å². The van der Waals surface area contributed by atoms with Crippen LogP contribution in [-0.4, -0.2) is 24.8 Å². The molecule has 4 nitrogen and oxygen atoms in total. The van der Waals surface area contributed by atoms with E-state index in [0.29, 0.717) is 13.2 Å². The Balaban J connectivity index is 1.71. The van der Waals surface area contributed by atoms with Crippen molar-refractivity contribution >= 4 is 10.9 Å². The maximum Gasteiger partial charge on any atom is 0.123 e. The van der Waals surface area contributed by atoms with Gasteiger partial charge in [0.15, 0.2) is 0 Å². The molecule has 0 bridgehead atoms. The summed E-state index contributed by atoms with van der Waals surface area (Å²) in [4.78, 5) is 0. The second kappa shape index (κ2) is 7.20. The summed E-state index contributed by atoms with van der Waals surface area (Å²) in [5.74, 6) is 1.63. The standard InChI is InChI=1S/C19H22N2O2/c1-22-16-5-4-6-17(13-16)23-12-11-21-14-15(9-10-20)18-7-2-3-8-19(18)21/h2-8,13-14H,9-12,20H2,1H3. The second-order valence-corrected chi connectivity index (χ2v) is 5.43. The van der Waals surface area contributed by atoms with Crippen molar-refractivity contribution in [1.29, 1.82) is 0 Å². The predicted molar refractivity (Wildman–Crippen MR) is 93.2 cm³/mol.